The minimum Gasteiger partial charge on any atom is -0.481 e. The molecule has 0 spiro atoms. The average Bonchev–Trinajstić information content (AvgIpc) is 2.92. The van der Waals surface area contributed by atoms with Crippen LogP contribution in [0.25, 0.3) is 0 Å². The smallest absolute Gasteiger partial charge is 0.317 e. The lowest BCUT2D eigenvalue weighted by Crippen LogP contribution is -2.45. The molecule has 0 aromatic carbocycles. The molecule has 7 heteroatoms. The number of aromatic nitrogens is 1. The molecule has 2 N–H and O–H groups in total. The lowest BCUT2D eigenvalue weighted by Gasteiger charge is -2.31. The predicted octanol–water partition coefficient (Wildman–Crippen LogP) is 1.63. The van der Waals surface area contributed by atoms with Crippen molar-refractivity contribution in [3.63, 3.8) is 0 Å². The largest absolute Gasteiger partial charge is 0.481 e. The number of amides is 2. The van der Waals surface area contributed by atoms with E-state index in [0.29, 0.717) is 19.0 Å². The maximum absolute atomic E-state index is 12.1. The molecule has 1 fully saturated rings. The van der Waals surface area contributed by atoms with Crippen molar-refractivity contribution in [3.8, 4) is 0 Å². The molecule has 1 unspecified atom stereocenters. The van der Waals surface area contributed by atoms with Gasteiger partial charge in [-0.05, 0) is 18.8 Å². The highest BCUT2D eigenvalue weighted by molar-refractivity contribution is 5.74. The number of oxazole rings is 1. The summed E-state index contributed by atoms with van der Waals surface area (Å²) in [7, 11) is 0. The number of nitrogens with zero attached hydrogens (tertiary/aromatic N) is 2. The number of carboxylic acid groups (broad SMARTS) is 1. The Bertz CT molecular complexity index is 500. The summed E-state index contributed by atoms with van der Waals surface area (Å²) < 4.78 is 5.42. The number of carbonyl (C=O) groups is 2. The van der Waals surface area contributed by atoms with Gasteiger partial charge in [0.2, 0.25) is 5.89 Å². The first kappa shape index (κ1) is 15.3. The number of likely N-dealkylation sites (tertiary alicyclic amines) is 1. The first-order valence-corrected chi connectivity index (χ1v) is 7.26. The molecule has 1 saturated heterocycles. The molecule has 1 aromatic heterocycles. The van der Waals surface area contributed by atoms with Crippen LogP contribution in [0, 0.1) is 5.92 Å². The van der Waals surface area contributed by atoms with Gasteiger partial charge in [-0.2, -0.15) is 0 Å². The minimum absolute atomic E-state index is 0.0374. The Morgan fingerprint density at radius 3 is 3.05 bits per heavy atom. The van der Waals surface area contributed by atoms with Gasteiger partial charge in [-0.15, -0.1) is 0 Å². The maximum atomic E-state index is 12.1. The molecule has 1 aromatic rings. The molecular formula is C14H21N3O4. The van der Waals surface area contributed by atoms with Crippen LogP contribution < -0.4 is 5.32 Å². The topological polar surface area (TPSA) is 95.7 Å². The monoisotopic (exact) mass is 295 g/mol. The number of aryl methyl sites for hydroxylation is 1. The second kappa shape index (κ2) is 7.10. The van der Waals surface area contributed by atoms with Crippen LogP contribution in [0.3, 0.4) is 0 Å². The quantitative estimate of drug-likeness (QED) is 0.860. The van der Waals surface area contributed by atoms with E-state index in [1.165, 1.54) is 0 Å². The summed E-state index contributed by atoms with van der Waals surface area (Å²) in [5, 5.41) is 11.6. The van der Waals surface area contributed by atoms with Crippen LogP contribution in [0.4, 0.5) is 4.79 Å². The van der Waals surface area contributed by atoms with Crippen molar-refractivity contribution >= 4 is 12.0 Å². The molecule has 116 valence electrons. The highest BCUT2D eigenvalue weighted by Gasteiger charge is 2.25. The molecule has 2 rings (SSSR count). The first-order chi connectivity index (χ1) is 10.1. The summed E-state index contributed by atoms with van der Waals surface area (Å²) in [6.45, 7) is 3.37. The van der Waals surface area contributed by atoms with Gasteiger partial charge in [0.15, 0.2) is 0 Å². The van der Waals surface area contributed by atoms with Gasteiger partial charge in [-0.25, -0.2) is 9.78 Å². The number of nitrogens with one attached hydrogen (secondary N) is 1. The molecule has 1 atom stereocenters. The summed E-state index contributed by atoms with van der Waals surface area (Å²) in [5.41, 5.74) is 0. The minimum atomic E-state index is -0.811. The van der Waals surface area contributed by atoms with Gasteiger partial charge < -0.3 is 19.7 Å². The number of urea groups is 1. The first-order valence-electron chi connectivity index (χ1n) is 7.26. The zero-order valence-corrected chi connectivity index (χ0v) is 12.2. The van der Waals surface area contributed by atoms with Crippen LogP contribution >= 0.6 is 0 Å². The van der Waals surface area contributed by atoms with Crippen LogP contribution in [-0.2, 0) is 17.8 Å². The second-order valence-electron chi connectivity index (χ2n) is 5.28. The van der Waals surface area contributed by atoms with Gasteiger partial charge >= 0.3 is 12.0 Å². The zero-order chi connectivity index (χ0) is 15.2. The highest BCUT2D eigenvalue weighted by Crippen LogP contribution is 2.19. The molecule has 7 nitrogen and oxygen atoms in total. The van der Waals surface area contributed by atoms with Crippen LogP contribution in [0.2, 0.25) is 0 Å². The Hall–Kier alpha value is -2.05. The van der Waals surface area contributed by atoms with Gasteiger partial charge in [0.1, 0.15) is 5.76 Å². The highest BCUT2D eigenvalue weighted by atomic mass is 16.4. The van der Waals surface area contributed by atoms with E-state index in [2.05, 4.69) is 10.3 Å². The summed E-state index contributed by atoms with van der Waals surface area (Å²) in [6.07, 6.45) is 4.23. The Labute approximate surface area is 123 Å². The van der Waals surface area contributed by atoms with E-state index in [9.17, 15) is 9.59 Å². The third-order valence-corrected chi connectivity index (χ3v) is 3.61. The van der Waals surface area contributed by atoms with Crippen molar-refractivity contribution < 1.29 is 19.1 Å². The van der Waals surface area contributed by atoms with E-state index in [-0.39, 0.29) is 24.9 Å². The number of piperidine rings is 1. The molecule has 0 saturated carbocycles. The van der Waals surface area contributed by atoms with Gasteiger partial charge in [0.25, 0.3) is 0 Å². The van der Waals surface area contributed by atoms with Crippen molar-refractivity contribution in [1.29, 1.82) is 0 Å². The lowest BCUT2D eigenvalue weighted by molar-refractivity contribution is -0.138. The number of carboxylic acids is 1. The van der Waals surface area contributed by atoms with Crippen LogP contribution in [0.5, 0.6) is 0 Å². The number of aliphatic carboxylic acids is 1. The maximum Gasteiger partial charge on any atom is 0.317 e. The Balaban J connectivity index is 1.80. The van der Waals surface area contributed by atoms with Crippen LogP contribution in [0.1, 0.15) is 37.8 Å². The molecule has 0 bridgehead atoms. The van der Waals surface area contributed by atoms with E-state index >= 15 is 0 Å². The van der Waals surface area contributed by atoms with Gasteiger partial charge in [0.05, 0.1) is 12.7 Å². The Kier molecular flexibility index (Phi) is 5.19. The molecule has 2 heterocycles. The third kappa shape index (κ3) is 4.47. The number of hydrogen-bond donors (Lipinski definition) is 2. The molecular weight excluding hydrogens is 274 g/mol. The van der Waals surface area contributed by atoms with Crippen molar-refractivity contribution in [3.05, 3.63) is 17.8 Å². The molecule has 0 aliphatic carbocycles. The van der Waals surface area contributed by atoms with E-state index in [1.807, 2.05) is 6.92 Å². The summed E-state index contributed by atoms with van der Waals surface area (Å²) >= 11 is 0. The van der Waals surface area contributed by atoms with Crippen molar-refractivity contribution in [2.45, 2.75) is 39.2 Å². The van der Waals surface area contributed by atoms with Crippen molar-refractivity contribution in [1.82, 2.24) is 15.2 Å². The fourth-order valence-corrected chi connectivity index (χ4v) is 2.52. The molecule has 2 amide bonds. The normalized spacial score (nSPS) is 18.5. The average molecular weight is 295 g/mol. The van der Waals surface area contributed by atoms with E-state index in [1.54, 1.807) is 11.1 Å². The zero-order valence-electron chi connectivity index (χ0n) is 12.2. The van der Waals surface area contributed by atoms with E-state index in [0.717, 1.165) is 25.0 Å². The molecule has 21 heavy (non-hydrogen) atoms. The predicted molar refractivity (Wildman–Crippen MR) is 74.7 cm³/mol. The van der Waals surface area contributed by atoms with E-state index in [4.69, 9.17) is 9.52 Å². The number of hydrogen-bond acceptors (Lipinski definition) is 4. The van der Waals surface area contributed by atoms with Crippen LogP contribution in [0.15, 0.2) is 10.6 Å². The van der Waals surface area contributed by atoms with Gasteiger partial charge in [-0.1, -0.05) is 6.92 Å². The van der Waals surface area contributed by atoms with Crippen LogP contribution in [-0.4, -0.2) is 40.1 Å². The summed E-state index contributed by atoms with van der Waals surface area (Å²) in [5.74, 6) is 0.502. The summed E-state index contributed by atoms with van der Waals surface area (Å²) in [4.78, 5) is 28.6. The van der Waals surface area contributed by atoms with E-state index < -0.39 is 5.97 Å². The number of carbonyl (C=O) groups excluding carboxylic acids is 1. The fourth-order valence-electron chi connectivity index (χ4n) is 2.52. The fraction of sp³-hybridized carbons (Fsp3) is 0.643. The molecule has 1 aliphatic rings. The third-order valence-electron chi connectivity index (χ3n) is 3.61. The standard InChI is InChI=1S/C14H21N3O4/c1-2-11-7-15-12(21-11)8-16-14(20)17-5-3-4-10(9-17)6-13(18)19/h7,10H,2-6,8-9H2,1H3,(H,16,20)(H,18,19). The lowest BCUT2D eigenvalue weighted by atomic mass is 9.95. The molecule has 1 aliphatic heterocycles. The van der Waals surface area contributed by atoms with Gasteiger partial charge in [-0.3, -0.25) is 4.79 Å². The number of rotatable bonds is 5. The Morgan fingerprint density at radius 2 is 2.38 bits per heavy atom. The second-order valence-corrected chi connectivity index (χ2v) is 5.28. The summed E-state index contributed by atoms with van der Waals surface area (Å²) in [6, 6.07) is -0.193. The molecule has 0 radical (unpaired) electrons. The Morgan fingerprint density at radius 1 is 1.57 bits per heavy atom. The van der Waals surface area contributed by atoms with Crippen molar-refractivity contribution in [2.24, 2.45) is 5.92 Å². The van der Waals surface area contributed by atoms with Gasteiger partial charge in [0, 0.05) is 25.9 Å². The van der Waals surface area contributed by atoms with Crippen molar-refractivity contribution in [2.75, 3.05) is 13.1 Å². The SMILES string of the molecule is CCc1cnc(CNC(=O)N2CCCC(CC(=O)O)C2)o1.